The van der Waals surface area contributed by atoms with Crippen molar-refractivity contribution in [3.8, 4) is 0 Å². The highest BCUT2D eigenvalue weighted by Crippen LogP contribution is 2.20. The SMILES string of the molecule is OC(Cc1nccs1)c1ccc(I)cc1. The van der Waals surface area contributed by atoms with Crippen LogP contribution in [0.15, 0.2) is 35.8 Å². The highest BCUT2D eigenvalue weighted by Gasteiger charge is 2.09. The van der Waals surface area contributed by atoms with Crippen molar-refractivity contribution in [3.63, 3.8) is 0 Å². The Kier molecular flexibility index (Phi) is 3.71. The molecule has 2 nitrogen and oxygen atoms in total. The first-order valence-corrected chi connectivity index (χ1v) is 6.53. The van der Waals surface area contributed by atoms with E-state index in [1.807, 2.05) is 29.6 Å². The highest BCUT2D eigenvalue weighted by atomic mass is 127. The van der Waals surface area contributed by atoms with E-state index in [0.29, 0.717) is 6.42 Å². The van der Waals surface area contributed by atoms with Gasteiger partial charge < -0.3 is 5.11 Å². The lowest BCUT2D eigenvalue weighted by molar-refractivity contribution is 0.178. The van der Waals surface area contributed by atoms with E-state index in [-0.39, 0.29) is 0 Å². The van der Waals surface area contributed by atoms with Crippen molar-refractivity contribution < 1.29 is 5.11 Å². The molecule has 2 aromatic rings. The molecule has 4 heteroatoms. The standard InChI is InChI=1S/C11H10INOS/c12-9-3-1-8(2-4-9)10(14)7-11-13-5-6-15-11/h1-6,10,14H,7H2. The Balaban J connectivity index is 2.08. The second-order valence-electron chi connectivity index (χ2n) is 3.20. The summed E-state index contributed by atoms with van der Waals surface area (Å²) in [6.07, 6.45) is 1.91. The summed E-state index contributed by atoms with van der Waals surface area (Å²) in [5.74, 6) is 0. The van der Waals surface area contributed by atoms with Crippen LogP contribution in [-0.2, 0) is 6.42 Å². The van der Waals surface area contributed by atoms with Gasteiger partial charge in [-0.15, -0.1) is 11.3 Å². The van der Waals surface area contributed by atoms with Gasteiger partial charge in [0.1, 0.15) is 0 Å². The number of nitrogens with zero attached hydrogens (tertiary/aromatic N) is 1. The van der Waals surface area contributed by atoms with E-state index in [2.05, 4.69) is 27.6 Å². The molecule has 0 aliphatic carbocycles. The molecule has 1 atom stereocenters. The third-order valence-corrected chi connectivity index (χ3v) is 3.63. The predicted molar refractivity (Wildman–Crippen MR) is 69.9 cm³/mol. The lowest BCUT2D eigenvalue weighted by Crippen LogP contribution is -2.01. The van der Waals surface area contributed by atoms with Gasteiger partial charge in [0, 0.05) is 21.6 Å². The van der Waals surface area contributed by atoms with Crippen LogP contribution in [0.1, 0.15) is 16.7 Å². The molecule has 0 amide bonds. The Bertz CT molecular complexity index is 413. The first-order valence-electron chi connectivity index (χ1n) is 4.57. The third-order valence-electron chi connectivity index (χ3n) is 2.11. The molecule has 0 radical (unpaired) electrons. The van der Waals surface area contributed by atoms with Gasteiger partial charge in [0.15, 0.2) is 0 Å². The van der Waals surface area contributed by atoms with Crippen LogP contribution in [0.4, 0.5) is 0 Å². The van der Waals surface area contributed by atoms with Gasteiger partial charge in [-0.2, -0.15) is 0 Å². The average Bonchev–Trinajstić information content (AvgIpc) is 2.71. The molecular formula is C11H10INOS. The minimum absolute atomic E-state index is 0.451. The quantitative estimate of drug-likeness (QED) is 0.877. The number of aliphatic hydroxyl groups excluding tert-OH is 1. The van der Waals surface area contributed by atoms with Gasteiger partial charge in [0.25, 0.3) is 0 Å². The summed E-state index contributed by atoms with van der Waals surface area (Å²) in [5, 5.41) is 12.8. The monoisotopic (exact) mass is 331 g/mol. The number of rotatable bonds is 3. The van der Waals surface area contributed by atoms with Crippen LogP contribution in [-0.4, -0.2) is 10.1 Å². The number of aromatic nitrogens is 1. The van der Waals surface area contributed by atoms with E-state index in [1.165, 1.54) is 3.57 Å². The van der Waals surface area contributed by atoms with Gasteiger partial charge in [0.2, 0.25) is 0 Å². The number of thiazole rings is 1. The summed E-state index contributed by atoms with van der Waals surface area (Å²) in [6, 6.07) is 7.92. The molecule has 0 saturated heterocycles. The Labute approximate surface area is 106 Å². The van der Waals surface area contributed by atoms with Crippen molar-refractivity contribution in [3.05, 3.63) is 50.0 Å². The second kappa shape index (κ2) is 5.05. The van der Waals surface area contributed by atoms with Crippen molar-refractivity contribution in [1.29, 1.82) is 0 Å². The minimum atomic E-state index is -0.451. The molecule has 0 bridgehead atoms. The zero-order valence-corrected chi connectivity index (χ0v) is 10.9. The van der Waals surface area contributed by atoms with Gasteiger partial charge in [-0.05, 0) is 40.3 Å². The first kappa shape index (κ1) is 11.0. The molecule has 0 spiro atoms. The second-order valence-corrected chi connectivity index (χ2v) is 5.42. The summed E-state index contributed by atoms with van der Waals surface area (Å²) < 4.78 is 1.18. The number of hydrogen-bond donors (Lipinski definition) is 1. The molecule has 15 heavy (non-hydrogen) atoms. The summed E-state index contributed by atoms with van der Waals surface area (Å²) >= 11 is 3.83. The molecule has 0 aliphatic heterocycles. The van der Waals surface area contributed by atoms with Gasteiger partial charge in [-0.1, -0.05) is 12.1 Å². The van der Waals surface area contributed by atoms with Crippen LogP contribution in [0.25, 0.3) is 0 Å². The van der Waals surface area contributed by atoms with E-state index in [4.69, 9.17) is 0 Å². The predicted octanol–water partition coefficient (Wildman–Crippen LogP) is 3.02. The van der Waals surface area contributed by atoms with E-state index in [0.717, 1.165) is 10.6 Å². The van der Waals surface area contributed by atoms with E-state index < -0.39 is 6.10 Å². The van der Waals surface area contributed by atoms with Crippen LogP contribution in [0, 0.1) is 3.57 Å². The molecular weight excluding hydrogens is 321 g/mol. The first-order chi connectivity index (χ1) is 7.25. The summed E-state index contributed by atoms with van der Waals surface area (Å²) in [4.78, 5) is 4.16. The normalized spacial score (nSPS) is 12.7. The fourth-order valence-electron chi connectivity index (χ4n) is 1.32. The number of aliphatic hydroxyl groups is 1. The van der Waals surface area contributed by atoms with Crippen LogP contribution in [0.3, 0.4) is 0 Å². The number of hydrogen-bond acceptors (Lipinski definition) is 3. The molecule has 0 fully saturated rings. The minimum Gasteiger partial charge on any atom is -0.388 e. The molecule has 1 unspecified atom stereocenters. The molecule has 0 saturated carbocycles. The zero-order valence-electron chi connectivity index (χ0n) is 7.93. The fourth-order valence-corrected chi connectivity index (χ4v) is 2.34. The van der Waals surface area contributed by atoms with Gasteiger partial charge >= 0.3 is 0 Å². The fraction of sp³-hybridized carbons (Fsp3) is 0.182. The maximum atomic E-state index is 9.95. The summed E-state index contributed by atoms with van der Waals surface area (Å²) in [6.45, 7) is 0. The highest BCUT2D eigenvalue weighted by molar-refractivity contribution is 14.1. The number of benzene rings is 1. The molecule has 1 aromatic carbocycles. The zero-order chi connectivity index (χ0) is 10.7. The smallest absolute Gasteiger partial charge is 0.0954 e. The third kappa shape index (κ3) is 2.99. The molecule has 1 N–H and O–H groups in total. The van der Waals surface area contributed by atoms with Crippen LogP contribution in [0.2, 0.25) is 0 Å². The van der Waals surface area contributed by atoms with Crippen molar-refractivity contribution in [1.82, 2.24) is 4.98 Å². The van der Waals surface area contributed by atoms with E-state index in [9.17, 15) is 5.11 Å². The Morgan fingerprint density at radius 2 is 2.07 bits per heavy atom. The largest absolute Gasteiger partial charge is 0.388 e. The van der Waals surface area contributed by atoms with Crippen molar-refractivity contribution >= 4 is 33.9 Å². The maximum Gasteiger partial charge on any atom is 0.0954 e. The molecule has 1 aromatic heterocycles. The topological polar surface area (TPSA) is 33.1 Å². The molecule has 78 valence electrons. The molecule has 0 aliphatic rings. The van der Waals surface area contributed by atoms with Gasteiger partial charge in [-0.25, -0.2) is 4.98 Å². The Hall–Kier alpha value is -0.460. The van der Waals surface area contributed by atoms with E-state index in [1.54, 1.807) is 17.5 Å². The summed E-state index contributed by atoms with van der Waals surface area (Å²) in [5.41, 5.74) is 0.950. The molecule has 2 rings (SSSR count). The Morgan fingerprint density at radius 1 is 1.33 bits per heavy atom. The molecule has 1 heterocycles. The van der Waals surface area contributed by atoms with Crippen LogP contribution >= 0.6 is 33.9 Å². The van der Waals surface area contributed by atoms with Crippen LogP contribution < -0.4 is 0 Å². The average molecular weight is 331 g/mol. The van der Waals surface area contributed by atoms with Gasteiger partial charge in [0.05, 0.1) is 11.1 Å². The number of halogens is 1. The van der Waals surface area contributed by atoms with Crippen LogP contribution in [0.5, 0.6) is 0 Å². The lowest BCUT2D eigenvalue weighted by Gasteiger charge is -2.08. The van der Waals surface area contributed by atoms with Gasteiger partial charge in [-0.3, -0.25) is 0 Å². The maximum absolute atomic E-state index is 9.95. The van der Waals surface area contributed by atoms with Crippen molar-refractivity contribution in [2.75, 3.05) is 0 Å². The van der Waals surface area contributed by atoms with Crippen molar-refractivity contribution in [2.45, 2.75) is 12.5 Å². The Morgan fingerprint density at radius 3 is 2.67 bits per heavy atom. The lowest BCUT2D eigenvalue weighted by atomic mass is 10.1. The van der Waals surface area contributed by atoms with E-state index >= 15 is 0 Å². The summed E-state index contributed by atoms with van der Waals surface area (Å²) in [7, 11) is 0. The van der Waals surface area contributed by atoms with Crippen molar-refractivity contribution in [2.24, 2.45) is 0 Å².